The summed E-state index contributed by atoms with van der Waals surface area (Å²) in [5.41, 5.74) is 0.682. The Labute approximate surface area is 194 Å². The van der Waals surface area contributed by atoms with Gasteiger partial charge in [-0.2, -0.15) is 0 Å². The van der Waals surface area contributed by atoms with Gasteiger partial charge >= 0.3 is 11.9 Å². The van der Waals surface area contributed by atoms with Crippen LogP contribution in [0.1, 0.15) is 41.8 Å². The van der Waals surface area contributed by atoms with Gasteiger partial charge in [-0.3, -0.25) is 14.5 Å². The molecule has 0 aliphatic carbocycles. The molecule has 2 aromatic rings. The van der Waals surface area contributed by atoms with E-state index in [9.17, 15) is 14.4 Å². The van der Waals surface area contributed by atoms with E-state index in [0.717, 1.165) is 0 Å². The highest BCUT2D eigenvalue weighted by Gasteiger charge is 2.31. The molecule has 0 saturated carbocycles. The molecule has 0 unspecified atom stereocenters. The predicted octanol–water partition coefficient (Wildman–Crippen LogP) is 4.35. The van der Waals surface area contributed by atoms with Crippen LogP contribution in [0.4, 0.5) is 0 Å². The molecule has 168 valence electrons. The Morgan fingerprint density at radius 3 is 2.72 bits per heavy atom. The van der Waals surface area contributed by atoms with E-state index in [-0.39, 0.29) is 23.8 Å². The minimum atomic E-state index is -0.823. The zero-order valence-electron chi connectivity index (χ0n) is 17.2. The van der Waals surface area contributed by atoms with E-state index in [4.69, 9.17) is 31.2 Å². The van der Waals surface area contributed by atoms with Crippen LogP contribution in [0.25, 0.3) is 6.08 Å². The van der Waals surface area contributed by atoms with Gasteiger partial charge in [0.25, 0.3) is 5.91 Å². The SMILES string of the molecule is COc1cc(/C=C2\SC(=S)N(CCCCCC(=O)O)C2=O)ccc1OC(=O)c1ccco1. The largest absolute Gasteiger partial charge is 0.493 e. The van der Waals surface area contributed by atoms with E-state index in [2.05, 4.69) is 0 Å². The lowest BCUT2D eigenvalue weighted by molar-refractivity contribution is -0.137. The van der Waals surface area contributed by atoms with Crippen molar-refractivity contribution in [2.45, 2.75) is 25.7 Å². The summed E-state index contributed by atoms with van der Waals surface area (Å²) in [6, 6.07) is 8.02. The van der Waals surface area contributed by atoms with Crippen molar-refractivity contribution in [1.29, 1.82) is 0 Å². The summed E-state index contributed by atoms with van der Waals surface area (Å²) in [6.07, 6.45) is 5.14. The second-order valence-corrected chi connectivity index (χ2v) is 8.49. The first-order valence-corrected chi connectivity index (χ1v) is 11.0. The molecule has 1 aromatic heterocycles. The van der Waals surface area contributed by atoms with E-state index in [1.54, 1.807) is 30.3 Å². The first-order chi connectivity index (χ1) is 15.4. The van der Waals surface area contributed by atoms with Crippen LogP contribution in [-0.4, -0.2) is 45.8 Å². The van der Waals surface area contributed by atoms with Crippen molar-refractivity contribution in [3.63, 3.8) is 0 Å². The van der Waals surface area contributed by atoms with Gasteiger partial charge in [-0.25, -0.2) is 4.79 Å². The van der Waals surface area contributed by atoms with E-state index in [0.29, 0.717) is 46.3 Å². The van der Waals surface area contributed by atoms with Gasteiger partial charge < -0.3 is 19.0 Å². The fraction of sp³-hybridized carbons (Fsp3) is 0.273. The Morgan fingerprint density at radius 1 is 1.22 bits per heavy atom. The highest BCUT2D eigenvalue weighted by Crippen LogP contribution is 2.35. The number of ether oxygens (including phenoxy) is 2. The molecule has 10 heteroatoms. The first kappa shape index (κ1) is 23.6. The fourth-order valence-corrected chi connectivity index (χ4v) is 4.28. The van der Waals surface area contributed by atoms with Crippen molar-refractivity contribution in [1.82, 2.24) is 4.90 Å². The van der Waals surface area contributed by atoms with Gasteiger partial charge in [0, 0.05) is 13.0 Å². The minimum absolute atomic E-state index is 0.0720. The zero-order chi connectivity index (χ0) is 23.1. The van der Waals surface area contributed by atoms with Crippen molar-refractivity contribution >= 4 is 52.2 Å². The van der Waals surface area contributed by atoms with Gasteiger partial charge in [0.1, 0.15) is 4.32 Å². The number of esters is 1. The summed E-state index contributed by atoms with van der Waals surface area (Å²) in [4.78, 5) is 37.4. The number of rotatable bonds is 10. The normalized spacial score (nSPS) is 14.8. The van der Waals surface area contributed by atoms with Crippen molar-refractivity contribution in [2.24, 2.45) is 0 Å². The molecule has 1 aliphatic heterocycles. The number of hydrogen-bond acceptors (Lipinski definition) is 8. The molecule has 1 aromatic carbocycles. The van der Waals surface area contributed by atoms with Crippen LogP contribution in [-0.2, 0) is 9.59 Å². The number of amides is 1. The average Bonchev–Trinajstić information content (AvgIpc) is 3.39. The van der Waals surface area contributed by atoms with Gasteiger partial charge in [-0.05, 0) is 48.7 Å². The molecule has 3 rings (SSSR count). The number of thiocarbonyl (C=S) groups is 1. The highest BCUT2D eigenvalue weighted by molar-refractivity contribution is 8.26. The molecule has 1 saturated heterocycles. The molecule has 1 N–H and O–H groups in total. The smallest absolute Gasteiger partial charge is 0.379 e. The third-order valence-electron chi connectivity index (χ3n) is 4.56. The van der Waals surface area contributed by atoms with Crippen molar-refractivity contribution < 1.29 is 33.4 Å². The number of carboxylic acid groups (broad SMARTS) is 1. The number of unbranched alkanes of at least 4 members (excludes halogenated alkanes) is 2. The number of furan rings is 1. The lowest BCUT2D eigenvalue weighted by atomic mass is 10.1. The van der Waals surface area contributed by atoms with Crippen LogP contribution in [0.5, 0.6) is 11.5 Å². The number of carbonyl (C=O) groups is 3. The minimum Gasteiger partial charge on any atom is -0.493 e. The molecule has 0 radical (unpaired) electrons. The Bertz CT molecular complexity index is 1050. The maximum absolute atomic E-state index is 12.7. The maximum Gasteiger partial charge on any atom is 0.379 e. The van der Waals surface area contributed by atoms with Crippen LogP contribution in [0.2, 0.25) is 0 Å². The number of thioether (sulfide) groups is 1. The summed E-state index contributed by atoms with van der Waals surface area (Å²) in [5.74, 6) is -1.04. The monoisotopic (exact) mass is 475 g/mol. The number of hydrogen-bond donors (Lipinski definition) is 1. The third kappa shape index (κ3) is 5.98. The van der Waals surface area contributed by atoms with Crippen LogP contribution < -0.4 is 9.47 Å². The van der Waals surface area contributed by atoms with E-state index < -0.39 is 11.9 Å². The summed E-state index contributed by atoms with van der Waals surface area (Å²) in [6.45, 7) is 0.451. The Morgan fingerprint density at radius 2 is 2.03 bits per heavy atom. The third-order valence-corrected chi connectivity index (χ3v) is 5.93. The van der Waals surface area contributed by atoms with Gasteiger partial charge in [-0.1, -0.05) is 36.5 Å². The van der Waals surface area contributed by atoms with Crippen molar-refractivity contribution in [2.75, 3.05) is 13.7 Å². The zero-order valence-corrected chi connectivity index (χ0v) is 18.9. The molecular weight excluding hydrogens is 454 g/mol. The second kappa shape index (κ2) is 11.0. The Hall–Kier alpha value is -3.11. The van der Waals surface area contributed by atoms with E-state index in [1.807, 2.05) is 0 Å². The van der Waals surface area contributed by atoms with Crippen LogP contribution in [0, 0.1) is 0 Å². The van der Waals surface area contributed by atoms with Crippen LogP contribution >= 0.6 is 24.0 Å². The lowest BCUT2D eigenvalue weighted by Crippen LogP contribution is -2.29. The standard InChI is InChI=1S/C22H21NO7S2/c1-28-17-12-14(8-9-15(17)30-21(27)16-6-5-11-29-16)13-18-20(26)23(22(31)32-18)10-4-2-3-7-19(24)25/h5-6,8-9,11-13H,2-4,7,10H2,1H3,(H,24,25)/b18-13-. The first-order valence-electron chi connectivity index (χ1n) is 9.80. The molecule has 1 aliphatic rings. The van der Waals surface area contributed by atoms with Crippen molar-refractivity contribution in [3.8, 4) is 11.5 Å². The van der Waals surface area contributed by atoms with Gasteiger partial charge in [0.2, 0.25) is 5.76 Å². The fourth-order valence-electron chi connectivity index (χ4n) is 2.97. The Balaban J connectivity index is 1.65. The number of aliphatic carboxylic acids is 1. The summed E-state index contributed by atoms with van der Waals surface area (Å²) < 4.78 is 16.1. The average molecular weight is 476 g/mol. The summed E-state index contributed by atoms with van der Waals surface area (Å²) in [7, 11) is 1.45. The van der Waals surface area contributed by atoms with Gasteiger partial charge in [0.15, 0.2) is 11.5 Å². The lowest BCUT2D eigenvalue weighted by Gasteiger charge is -2.13. The van der Waals surface area contributed by atoms with Crippen LogP contribution in [0.15, 0.2) is 45.9 Å². The molecule has 8 nitrogen and oxygen atoms in total. The summed E-state index contributed by atoms with van der Waals surface area (Å²) in [5, 5.41) is 8.69. The highest BCUT2D eigenvalue weighted by atomic mass is 32.2. The number of methoxy groups -OCH3 is 1. The summed E-state index contributed by atoms with van der Waals surface area (Å²) >= 11 is 6.54. The number of carboxylic acids is 1. The van der Waals surface area contributed by atoms with E-state index in [1.165, 1.54) is 36.1 Å². The molecule has 2 heterocycles. The van der Waals surface area contributed by atoms with Crippen LogP contribution in [0.3, 0.4) is 0 Å². The molecular formula is C22H21NO7S2. The molecule has 0 spiro atoms. The van der Waals surface area contributed by atoms with Crippen molar-refractivity contribution in [3.05, 3.63) is 52.8 Å². The van der Waals surface area contributed by atoms with Gasteiger partial charge in [0.05, 0.1) is 18.3 Å². The second-order valence-electron chi connectivity index (χ2n) is 6.81. The van der Waals surface area contributed by atoms with E-state index >= 15 is 0 Å². The maximum atomic E-state index is 12.7. The Kier molecular flexibility index (Phi) is 8.07. The molecule has 32 heavy (non-hydrogen) atoms. The topological polar surface area (TPSA) is 106 Å². The molecule has 0 atom stereocenters. The number of carbonyl (C=O) groups excluding carboxylic acids is 2. The molecule has 0 bridgehead atoms. The van der Waals surface area contributed by atoms with Gasteiger partial charge in [-0.15, -0.1) is 0 Å². The number of benzene rings is 1. The quantitative estimate of drug-likeness (QED) is 0.176. The molecule has 1 amide bonds. The predicted molar refractivity (Wildman–Crippen MR) is 123 cm³/mol. The number of nitrogens with zero attached hydrogens (tertiary/aromatic N) is 1. The molecule has 1 fully saturated rings.